The van der Waals surface area contributed by atoms with Crippen molar-refractivity contribution in [3.05, 3.63) is 11.9 Å². The van der Waals surface area contributed by atoms with Crippen molar-refractivity contribution in [1.29, 1.82) is 0 Å². The molecule has 0 aromatic carbocycles. The smallest absolute Gasteiger partial charge is 0.275 e. The van der Waals surface area contributed by atoms with Gasteiger partial charge < -0.3 is 10.0 Å². The van der Waals surface area contributed by atoms with E-state index in [-0.39, 0.29) is 12.0 Å². The molecule has 1 amide bonds. The maximum absolute atomic E-state index is 11.7. The fraction of sp³-hybridized carbons (Fsp3) is 0.625. The summed E-state index contributed by atoms with van der Waals surface area (Å²) in [5, 5.41) is 9.40. The van der Waals surface area contributed by atoms with Crippen LogP contribution in [0.2, 0.25) is 0 Å². The summed E-state index contributed by atoms with van der Waals surface area (Å²) in [5.41, 5.74) is 0.379. The number of hydrogen-bond acceptors (Lipinski definition) is 5. The van der Waals surface area contributed by atoms with Gasteiger partial charge in [0.1, 0.15) is 0 Å². The number of β-amino-alcohol motifs (C(OH)–C–C–N with tert-alkyl or cyclic N) is 1. The zero-order valence-corrected chi connectivity index (χ0v) is 8.40. The highest BCUT2D eigenvalue weighted by Gasteiger charge is 2.24. The molecule has 1 atom stereocenters. The lowest BCUT2D eigenvalue weighted by atomic mass is 10.1. The normalized spacial score (nSPS) is 22.4. The lowest BCUT2D eigenvalue weighted by molar-refractivity contribution is 0.0470. The lowest BCUT2D eigenvalue weighted by Crippen LogP contribution is -2.42. The first-order chi connectivity index (χ1) is 6.77. The van der Waals surface area contributed by atoms with E-state index in [1.807, 2.05) is 0 Å². The highest BCUT2D eigenvalue weighted by molar-refractivity contribution is 6.99. The van der Waals surface area contributed by atoms with Gasteiger partial charge in [-0.3, -0.25) is 4.79 Å². The van der Waals surface area contributed by atoms with Crippen molar-refractivity contribution in [2.24, 2.45) is 0 Å². The van der Waals surface area contributed by atoms with Crippen LogP contribution in [0.15, 0.2) is 6.20 Å². The van der Waals surface area contributed by atoms with Crippen LogP contribution in [0.5, 0.6) is 0 Å². The largest absolute Gasteiger partial charge is 0.391 e. The molecule has 1 aromatic heterocycles. The first-order valence-corrected chi connectivity index (χ1v) is 5.25. The number of hydrogen-bond donors (Lipinski definition) is 1. The summed E-state index contributed by atoms with van der Waals surface area (Å²) in [5.74, 6) is -0.127. The van der Waals surface area contributed by atoms with Crippen LogP contribution < -0.4 is 0 Å². The van der Waals surface area contributed by atoms with E-state index in [1.54, 1.807) is 4.90 Å². The van der Waals surface area contributed by atoms with Crippen molar-refractivity contribution < 1.29 is 9.90 Å². The maximum atomic E-state index is 11.7. The Balaban J connectivity index is 2.04. The van der Waals surface area contributed by atoms with Gasteiger partial charge in [0.2, 0.25) is 0 Å². The van der Waals surface area contributed by atoms with Crippen LogP contribution in [-0.4, -0.2) is 43.9 Å². The molecule has 2 rings (SSSR count). The predicted octanol–water partition coefficient (Wildman–Crippen LogP) is 0.135. The van der Waals surface area contributed by atoms with Crippen molar-refractivity contribution in [2.75, 3.05) is 13.1 Å². The SMILES string of the molecule is O=C(c1cnsn1)N1CCCC(O)C1. The van der Waals surface area contributed by atoms with E-state index in [2.05, 4.69) is 8.75 Å². The Labute approximate surface area is 85.7 Å². The van der Waals surface area contributed by atoms with Gasteiger partial charge in [-0.1, -0.05) is 0 Å². The number of rotatable bonds is 1. The molecular formula is C8H11N3O2S. The van der Waals surface area contributed by atoms with Crippen molar-refractivity contribution in [3.63, 3.8) is 0 Å². The Morgan fingerprint density at radius 1 is 1.71 bits per heavy atom. The Morgan fingerprint density at radius 3 is 3.21 bits per heavy atom. The summed E-state index contributed by atoms with van der Waals surface area (Å²) >= 11 is 1.02. The molecule has 2 heterocycles. The van der Waals surface area contributed by atoms with E-state index < -0.39 is 0 Å². The minimum Gasteiger partial charge on any atom is -0.391 e. The third kappa shape index (κ3) is 1.91. The number of piperidine rings is 1. The second kappa shape index (κ2) is 4.02. The number of carbonyl (C=O) groups excluding carboxylic acids is 1. The van der Waals surface area contributed by atoms with E-state index in [1.165, 1.54) is 6.20 Å². The predicted molar refractivity (Wildman–Crippen MR) is 51.1 cm³/mol. The molecule has 1 N–H and O–H groups in total. The molecule has 1 fully saturated rings. The number of aliphatic hydroxyl groups excluding tert-OH is 1. The molecule has 1 unspecified atom stereocenters. The fourth-order valence-electron chi connectivity index (χ4n) is 1.56. The minimum absolute atomic E-state index is 0.127. The second-order valence-electron chi connectivity index (χ2n) is 3.34. The average Bonchev–Trinajstić information content (AvgIpc) is 2.69. The molecule has 76 valence electrons. The van der Waals surface area contributed by atoms with Crippen molar-refractivity contribution in [2.45, 2.75) is 18.9 Å². The number of nitrogens with zero attached hydrogens (tertiary/aromatic N) is 3. The minimum atomic E-state index is -0.390. The van der Waals surface area contributed by atoms with E-state index in [0.717, 1.165) is 24.6 Å². The van der Waals surface area contributed by atoms with Crippen LogP contribution in [0.1, 0.15) is 23.3 Å². The first kappa shape index (κ1) is 9.54. The summed E-state index contributed by atoms with van der Waals surface area (Å²) in [6, 6.07) is 0. The molecule has 6 heteroatoms. The van der Waals surface area contributed by atoms with Gasteiger partial charge in [0.15, 0.2) is 5.69 Å². The molecular weight excluding hydrogens is 202 g/mol. The molecule has 14 heavy (non-hydrogen) atoms. The molecule has 1 aliphatic rings. The van der Waals surface area contributed by atoms with Crippen LogP contribution in [0.3, 0.4) is 0 Å². The molecule has 1 aromatic rings. The van der Waals surface area contributed by atoms with Crippen molar-refractivity contribution in [3.8, 4) is 0 Å². The van der Waals surface area contributed by atoms with Gasteiger partial charge in [-0.25, -0.2) is 0 Å². The van der Waals surface area contributed by atoms with Crippen LogP contribution >= 0.6 is 11.7 Å². The number of likely N-dealkylation sites (tertiary alicyclic amines) is 1. The molecule has 0 spiro atoms. The molecule has 1 aliphatic heterocycles. The number of amides is 1. The zero-order valence-electron chi connectivity index (χ0n) is 7.59. The Hall–Kier alpha value is -1.01. The Morgan fingerprint density at radius 2 is 2.57 bits per heavy atom. The zero-order chi connectivity index (χ0) is 9.97. The third-order valence-corrected chi connectivity index (χ3v) is 2.74. The van der Waals surface area contributed by atoms with Crippen LogP contribution in [0.25, 0.3) is 0 Å². The van der Waals surface area contributed by atoms with Gasteiger partial charge in [0, 0.05) is 13.1 Å². The summed E-state index contributed by atoms with van der Waals surface area (Å²) < 4.78 is 7.65. The maximum Gasteiger partial charge on any atom is 0.275 e. The Kier molecular flexibility index (Phi) is 2.74. The quantitative estimate of drug-likeness (QED) is 0.720. The van der Waals surface area contributed by atoms with E-state index in [9.17, 15) is 9.90 Å². The monoisotopic (exact) mass is 213 g/mol. The van der Waals surface area contributed by atoms with Crippen molar-refractivity contribution in [1.82, 2.24) is 13.6 Å². The summed E-state index contributed by atoms with van der Waals surface area (Å²) in [4.78, 5) is 13.4. The van der Waals surface area contributed by atoms with Gasteiger partial charge in [-0.15, -0.1) is 0 Å². The molecule has 5 nitrogen and oxygen atoms in total. The second-order valence-corrected chi connectivity index (χ2v) is 3.90. The van der Waals surface area contributed by atoms with Gasteiger partial charge >= 0.3 is 0 Å². The summed E-state index contributed by atoms with van der Waals surface area (Å²) in [7, 11) is 0. The number of carbonyl (C=O) groups is 1. The first-order valence-electron chi connectivity index (χ1n) is 4.52. The average molecular weight is 213 g/mol. The third-order valence-electron chi connectivity index (χ3n) is 2.26. The van der Waals surface area contributed by atoms with E-state index in [0.29, 0.717) is 18.8 Å². The molecule has 0 bridgehead atoms. The molecule has 0 saturated carbocycles. The molecule has 0 radical (unpaired) electrons. The summed E-state index contributed by atoms with van der Waals surface area (Å²) in [6.45, 7) is 1.11. The van der Waals surface area contributed by atoms with Crippen LogP contribution in [0.4, 0.5) is 0 Å². The van der Waals surface area contributed by atoms with E-state index >= 15 is 0 Å². The molecule has 0 aliphatic carbocycles. The topological polar surface area (TPSA) is 66.3 Å². The summed E-state index contributed by atoms with van der Waals surface area (Å²) in [6.07, 6.45) is 2.71. The fourth-order valence-corrected chi connectivity index (χ4v) is 1.97. The van der Waals surface area contributed by atoms with E-state index in [4.69, 9.17) is 0 Å². The standard InChI is InChI=1S/C8H11N3O2S/c12-6-2-1-3-11(5-6)8(13)7-4-9-14-10-7/h4,6,12H,1-3,5H2. The Bertz CT molecular complexity index is 314. The van der Waals surface area contributed by atoms with Gasteiger partial charge in [-0.2, -0.15) is 8.75 Å². The number of aliphatic hydroxyl groups is 1. The van der Waals surface area contributed by atoms with Crippen LogP contribution in [0, 0.1) is 0 Å². The molecule has 1 saturated heterocycles. The van der Waals surface area contributed by atoms with Gasteiger partial charge in [0.25, 0.3) is 5.91 Å². The highest BCUT2D eigenvalue weighted by atomic mass is 32.1. The lowest BCUT2D eigenvalue weighted by Gasteiger charge is -2.29. The highest BCUT2D eigenvalue weighted by Crippen LogP contribution is 2.12. The van der Waals surface area contributed by atoms with Gasteiger partial charge in [-0.05, 0) is 12.8 Å². The number of aromatic nitrogens is 2. The van der Waals surface area contributed by atoms with Gasteiger partial charge in [0.05, 0.1) is 24.0 Å². The van der Waals surface area contributed by atoms with Crippen molar-refractivity contribution >= 4 is 17.6 Å². The van der Waals surface area contributed by atoms with Crippen LogP contribution in [-0.2, 0) is 0 Å².